The lowest BCUT2D eigenvalue weighted by molar-refractivity contribution is -0.101. The Hall–Kier alpha value is -1.54. The topological polar surface area (TPSA) is 80.7 Å². The predicted octanol–water partition coefficient (Wildman–Crippen LogP) is 3.17. The zero-order chi connectivity index (χ0) is 18.2. The fraction of sp³-hybridized carbons (Fsp3) is 0.389. The standard InChI is InChI=1S/C18H20O5S2/c1-12-10-18(20,7-8-23-12)15-9-17(24-11-15)25(21,22)16-5-3-14(4-6-16)13(2)19/h3-6,9,11-12,20H,7-8,10H2,1-2H3/t12-,18-/m0/s1. The molecule has 1 N–H and O–H groups in total. The van der Waals surface area contributed by atoms with Gasteiger partial charge in [-0.25, -0.2) is 8.42 Å². The third-order valence-electron chi connectivity index (χ3n) is 4.49. The Balaban J connectivity index is 1.91. The molecule has 1 aromatic carbocycles. The molecule has 2 heterocycles. The summed E-state index contributed by atoms with van der Waals surface area (Å²) in [5.74, 6) is -0.113. The molecule has 2 aromatic rings. The molecular formula is C18H20O5S2. The molecule has 1 fully saturated rings. The summed E-state index contributed by atoms with van der Waals surface area (Å²) >= 11 is 1.10. The van der Waals surface area contributed by atoms with Crippen LogP contribution in [0.4, 0.5) is 0 Å². The van der Waals surface area contributed by atoms with Crippen LogP contribution in [-0.2, 0) is 20.2 Å². The van der Waals surface area contributed by atoms with Crippen LogP contribution in [0.2, 0.25) is 0 Å². The molecule has 7 heteroatoms. The number of sulfone groups is 1. The van der Waals surface area contributed by atoms with Crippen molar-refractivity contribution in [1.29, 1.82) is 0 Å². The van der Waals surface area contributed by atoms with Gasteiger partial charge in [0.1, 0.15) is 4.21 Å². The summed E-state index contributed by atoms with van der Waals surface area (Å²) in [6.07, 6.45) is 0.815. The summed E-state index contributed by atoms with van der Waals surface area (Å²) in [6, 6.07) is 7.46. The van der Waals surface area contributed by atoms with Gasteiger partial charge in [0.15, 0.2) is 5.78 Å². The zero-order valence-electron chi connectivity index (χ0n) is 14.1. The SMILES string of the molecule is CC(=O)c1ccc(S(=O)(=O)c2cc([C@]3(O)CCO[C@@H](C)C3)cs2)cc1. The average Bonchev–Trinajstić information content (AvgIpc) is 3.06. The normalized spacial score (nSPS) is 24.2. The molecule has 0 spiro atoms. The number of ether oxygens (including phenoxy) is 1. The summed E-state index contributed by atoms with van der Waals surface area (Å²) in [7, 11) is -3.67. The molecule has 5 nitrogen and oxygen atoms in total. The van der Waals surface area contributed by atoms with Gasteiger partial charge >= 0.3 is 0 Å². The Morgan fingerprint density at radius 3 is 2.60 bits per heavy atom. The van der Waals surface area contributed by atoms with E-state index in [9.17, 15) is 18.3 Å². The van der Waals surface area contributed by atoms with E-state index in [0.29, 0.717) is 30.6 Å². The van der Waals surface area contributed by atoms with E-state index >= 15 is 0 Å². The lowest BCUT2D eigenvalue weighted by Gasteiger charge is -2.35. The van der Waals surface area contributed by atoms with E-state index in [2.05, 4.69) is 0 Å². The number of carbonyl (C=O) groups excluding carboxylic acids is 1. The minimum Gasteiger partial charge on any atom is -0.385 e. The van der Waals surface area contributed by atoms with Crippen molar-refractivity contribution in [3.8, 4) is 0 Å². The van der Waals surface area contributed by atoms with Gasteiger partial charge in [0.25, 0.3) is 0 Å². The molecule has 0 amide bonds. The summed E-state index contributed by atoms with van der Waals surface area (Å²) in [5, 5.41) is 12.6. The summed E-state index contributed by atoms with van der Waals surface area (Å²) in [4.78, 5) is 11.5. The molecule has 0 aliphatic carbocycles. The maximum Gasteiger partial charge on any atom is 0.215 e. The van der Waals surface area contributed by atoms with Gasteiger partial charge in [0.2, 0.25) is 9.84 Å². The first-order valence-corrected chi connectivity index (χ1v) is 10.4. The van der Waals surface area contributed by atoms with Gasteiger partial charge in [-0.05, 0) is 43.0 Å². The number of benzene rings is 1. The Labute approximate surface area is 151 Å². The van der Waals surface area contributed by atoms with Crippen LogP contribution in [0.3, 0.4) is 0 Å². The highest BCUT2D eigenvalue weighted by molar-refractivity contribution is 7.93. The van der Waals surface area contributed by atoms with E-state index in [1.54, 1.807) is 11.4 Å². The summed E-state index contributed by atoms with van der Waals surface area (Å²) in [5.41, 5.74) is 0.0309. The lowest BCUT2D eigenvalue weighted by Crippen LogP contribution is -2.37. The van der Waals surface area contributed by atoms with Gasteiger partial charge in [-0.1, -0.05) is 12.1 Å². The number of carbonyl (C=O) groups is 1. The minimum atomic E-state index is -3.67. The molecule has 1 saturated heterocycles. The van der Waals surface area contributed by atoms with Crippen molar-refractivity contribution >= 4 is 27.0 Å². The molecule has 3 rings (SSSR count). The zero-order valence-corrected chi connectivity index (χ0v) is 15.7. The van der Waals surface area contributed by atoms with Crippen molar-refractivity contribution in [3.05, 3.63) is 46.8 Å². The van der Waals surface area contributed by atoms with Crippen molar-refractivity contribution in [2.75, 3.05) is 6.61 Å². The summed E-state index contributed by atoms with van der Waals surface area (Å²) in [6.45, 7) is 3.78. The number of aliphatic hydroxyl groups is 1. The monoisotopic (exact) mass is 380 g/mol. The molecule has 25 heavy (non-hydrogen) atoms. The maximum absolute atomic E-state index is 12.8. The highest BCUT2D eigenvalue weighted by Gasteiger charge is 2.36. The number of hydrogen-bond acceptors (Lipinski definition) is 6. The lowest BCUT2D eigenvalue weighted by atomic mass is 9.86. The average molecular weight is 380 g/mol. The molecule has 2 atom stereocenters. The highest BCUT2D eigenvalue weighted by atomic mass is 32.2. The van der Waals surface area contributed by atoms with E-state index < -0.39 is 15.4 Å². The summed E-state index contributed by atoms with van der Waals surface area (Å²) < 4.78 is 31.2. The number of hydrogen-bond donors (Lipinski definition) is 1. The third kappa shape index (κ3) is 3.55. The van der Waals surface area contributed by atoms with Gasteiger partial charge in [-0.3, -0.25) is 4.79 Å². The Morgan fingerprint density at radius 1 is 1.32 bits per heavy atom. The Bertz CT molecular complexity index is 882. The van der Waals surface area contributed by atoms with Gasteiger partial charge in [0, 0.05) is 18.4 Å². The molecule has 134 valence electrons. The quantitative estimate of drug-likeness (QED) is 0.824. The molecular weight excluding hydrogens is 360 g/mol. The van der Waals surface area contributed by atoms with Crippen LogP contribution in [-0.4, -0.2) is 32.0 Å². The Kier molecular flexibility index (Phi) is 4.85. The molecule has 1 aliphatic rings. The molecule has 0 unspecified atom stereocenters. The second-order valence-corrected chi connectivity index (χ2v) is 9.49. The van der Waals surface area contributed by atoms with Crippen molar-refractivity contribution in [2.45, 2.75) is 47.5 Å². The van der Waals surface area contributed by atoms with Crippen LogP contribution >= 0.6 is 11.3 Å². The van der Waals surface area contributed by atoms with E-state index in [1.165, 1.54) is 31.2 Å². The van der Waals surface area contributed by atoms with Crippen LogP contribution in [0.5, 0.6) is 0 Å². The smallest absolute Gasteiger partial charge is 0.215 e. The fourth-order valence-electron chi connectivity index (χ4n) is 3.01. The molecule has 1 aromatic heterocycles. The minimum absolute atomic E-state index is 0.0715. The Morgan fingerprint density at radius 2 is 2.00 bits per heavy atom. The van der Waals surface area contributed by atoms with Crippen LogP contribution in [0.1, 0.15) is 42.6 Å². The second-order valence-electron chi connectivity index (χ2n) is 6.41. The molecule has 0 saturated carbocycles. The molecule has 0 radical (unpaired) electrons. The van der Waals surface area contributed by atoms with E-state index in [0.717, 1.165) is 11.3 Å². The van der Waals surface area contributed by atoms with Crippen molar-refractivity contribution in [2.24, 2.45) is 0 Å². The molecule has 0 bridgehead atoms. The van der Waals surface area contributed by atoms with Gasteiger partial charge in [-0.2, -0.15) is 0 Å². The third-order valence-corrected chi connectivity index (χ3v) is 7.70. The van der Waals surface area contributed by atoms with Crippen LogP contribution in [0.25, 0.3) is 0 Å². The van der Waals surface area contributed by atoms with Gasteiger partial charge < -0.3 is 9.84 Å². The van der Waals surface area contributed by atoms with Crippen molar-refractivity contribution in [1.82, 2.24) is 0 Å². The van der Waals surface area contributed by atoms with E-state index in [1.807, 2.05) is 6.92 Å². The highest BCUT2D eigenvalue weighted by Crippen LogP contribution is 2.38. The molecule has 1 aliphatic heterocycles. The van der Waals surface area contributed by atoms with E-state index in [4.69, 9.17) is 4.74 Å². The fourth-order valence-corrected chi connectivity index (χ4v) is 5.69. The number of thiophene rings is 1. The van der Waals surface area contributed by atoms with Crippen LogP contribution in [0, 0.1) is 0 Å². The van der Waals surface area contributed by atoms with Crippen molar-refractivity contribution < 1.29 is 23.1 Å². The second kappa shape index (κ2) is 6.64. The first-order valence-electron chi connectivity index (χ1n) is 8.01. The number of rotatable bonds is 4. The maximum atomic E-state index is 12.8. The van der Waals surface area contributed by atoms with Crippen LogP contribution in [0.15, 0.2) is 44.8 Å². The van der Waals surface area contributed by atoms with Crippen molar-refractivity contribution in [3.63, 3.8) is 0 Å². The largest absolute Gasteiger partial charge is 0.385 e. The van der Waals surface area contributed by atoms with Gasteiger partial charge in [0.05, 0.1) is 23.2 Å². The number of Topliss-reactive ketones (excluding diaryl/α,β-unsaturated/α-hetero) is 1. The predicted molar refractivity (Wildman–Crippen MR) is 94.8 cm³/mol. The number of ketones is 1. The van der Waals surface area contributed by atoms with E-state index in [-0.39, 0.29) is 21.0 Å². The first kappa shape index (κ1) is 18.3. The van der Waals surface area contributed by atoms with Crippen LogP contribution < -0.4 is 0 Å². The van der Waals surface area contributed by atoms with Gasteiger partial charge in [-0.15, -0.1) is 11.3 Å². The first-order chi connectivity index (χ1) is 11.7.